The van der Waals surface area contributed by atoms with E-state index in [1.54, 1.807) is 17.2 Å². The van der Waals surface area contributed by atoms with Crippen LogP contribution in [-0.2, 0) is 11.3 Å². The molecule has 0 unspecified atom stereocenters. The summed E-state index contributed by atoms with van der Waals surface area (Å²) < 4.78 is 5.24. The van der Waals surface area contributed by atoms with Crippen molar-refractivity contribution in [2.24, 2.45) is 0 Å². The maximum atomic E-state index is 12.9. The van der Waals surface area contributed by atoms with Gasteiger partial charge < -0.3 is 14.7 Å². The van der Waals surface area contributed by atoms with Crippen LogP contribution in [0.1, 0.15) is 54.5 Å². The van der Waals surface area contributed by atoms with E-state index in [2.05, 4.69) is 15.5 Å². The van der Waals surface area contributed by atoms with Gasteiger partial charge in [-0.05, 0) is 24.5 Å². The summed E-state index contributed by atoms with van der Waals surface area (Å²) in [4.78, 5) is 30.3. The lowest BCUT2D eigenvalue weighted by molar-refractivity contribution is -0.119. The molecule has 0 saturated carbocycles. The van der Waals surface area contributed by atoms with Crippen molar-refractivity contribution >= 4 is 11.8 Å². The highest BCUT2D eigenvalue weighted by atomic mass is 16.5. The first-order chi connectivity index (χ1) is 12.0. The summed E-state index contributed by atoms with van der Waals surface area (Å²) in [5, 5.41) is 6.86. The van der Waals surface area contributed by atoms with Crippen LogP contribution in [0.25, 0.3) is 0 Å². The lowest BCUT2D eigenvalue weighted by Gasteiger charge is -2.24. The van der Waals surface area contributed by atoms with Crippen molar-refractivity contribution in [3.8, 4) is 0 Å². The standard InChI is InChI=1S/C18H22N4O3/c1-12(2)15-9-16(25-21-15)18(24)22(10-13-5-3-4-8-19-13)11-14-6-7-17(23)20-14/h3-5,8-9,12,14H,6-7,10-11H2,1-2H3,(H,20,23)/t14-/m0/s1. The molecule has 1 fully saturated rings. The number of pyridine rings is 1. The van der Waals surface area contributed by atoms with Crippen LogP contribution in [0.2, 0.25) is 0 Å². The Morgan fingerprint density at radius 1 is 1.44 bits per heavy atom. The molecule has 0 radical (unpaired) electrons. The molecule has 7 nitrogen and oxygen atoms in total. The first-order valence-corrected chi connectivity index (χ1v) is 8.48. The largest absolute Gasteiger partial charge is 0.352 e. The van der Waals surface area contributed by atoms with Gasteiger partial charge in [-0.3, -0.25) is 14.6 Å². The van der Waals surface area contributed by atoms with Gasteiger partial charge in [-0.2, -0.15) is 0 Å². The lowest BCUT2D eigenvalue weighted by Crippen LogP contribution is -2.41. The van der Waals surface area contributed by atoms with Crippen LogP contribution < -0.4 is 5.32 Å². The van der Waals surface area contributed by atoms with Crippen LogP contribution in [0.15, 0.2) is 35.0 Å². The summed E-state index contributed by atoms with van der Waals surface area (Å²) in [7, 11) is 0. The van der Waals surface area contributed by atoms with E-state index in [0.29, 0.717) is 19.5 Å². The SMILES string of the molecule is CC(C)c1cc(C(=O)N(Cc2ccccn2)C[C@@H]2CCC(=O)N2)on1. The van der Waals surface area contributed by atoms with Gasteiger partial charge in [0.15, 0.2) is 0 Å². The third-order valence-corrected chi connectivity index (χ3v) is 4.22. The second-order valence-corrected chi connectivity index (χ2v) is 6.58. The van der Waals surface area contributed by atoms with Crippen LogP contribution in [0.5, 0.6) is 0 Å². The highest BCUT2D eigenvalue weighted by molar-refractivity contribution is 5.91. The first kappa shape index (κ1) is 17.1. The number of nitrogens with one attached hydrogen (secondary N) is 1. The number of carbonyl (C=O) groups is 2. The van der Waals surface area contributed by atoms with Crippen molar-refractivity contribution < 1.29 is 14.1 Å². The fraction of sp³-hybridized carbons (Fsp3) is 0.444. The average Bonchev–Trinajstić information content (AvgIpc) is 3.24. The molecule has 7 heteroatoms. The minimum atomic E-state index is -0.244. The molecule has 0 spiro atoms. The second-order valence-electron chi connectivity index (χ2n) is 6.58. The molecule has 2 aromatic rings. The number of nitrogens with zero attached hydrogens (tertiary/aromatic N) is 3. The molecular formula is C18H22N4O3. The molecule has 3 rings (SSSR count). The Kier molecular flexibility index (Phi) is 5.11. The Hall–Kier alpha value is -2.70. The molecule has 0 aliphatic carbocycles. The minimum absolute atomic E-state index is 0.0250. The van der Waals surface area contributed by atoms with Crippen LogP contribution in [-0.4, -0.2) is 39.4 Å². The summed E-state index contributed by atoms with van der Waals surface area (Å²) in [6.45, 7) is 4.75. The third-order valence-electron chi connectivity index (χ3n) is 4.22. The number of hydrogen-bond donors (Lipinski definition) is 1. The van der Waals surface area contributed by atoms with Crippen molar-refractivity contribution in [3.05, 3.63) is 47.6 Å². The summed E-state index contributed by atoms with van der Waals surface area (Å²) in [5.74, 6) is 0.177. The fourth-order valence-electron chi connectivity index (χ4n) is 2.80. The molecule has 1 aliphatic rings. The van der Waals surface area contributed by atoms with E-state index in [9.17, 15) is 9.59 Å². The molecule has 1 N–H and O–H groups in total. The zero-order valence-electron chi connectivity index (χ0n) is 14.4. The van der Waals surface area contributed by atoms with Crippen LogP contribution in [0.3, 0.4) is 0 Å². The molecular weight excluding hydrogens is 320 g/mol. The monoisotopic (exact) mass is 342 g/mol. The maximum Gasteiger partial charge on any atom is 0.292 e. The Morgan fingerprint density at radius 2 is 2.28 bits per heavy atom. The average molecular weight is 342 g/mol. The molecule has 0 bridgehead atoms. The van der Waals surface area contributed by atoms with Gasteiger partial charge in [0.1, 0.15) is 0 Å². The van der Waals surface area contributed by atoms with E-state index in [1.165, 1.54) is 0 Å². The molecule has 2 amide bonds. The van der Waals surface area contributed by atoms with Gasteiger partial charge in [0, 0.05) is 31.3 Å². The predicted octanol–water partition coefficient (Wildman–Crippen LogP) is 2.11. The molecule has 3 heterocycles. The van der Waals surface area contributed by atoms with Gasteiger partial charge in [0.05, 0.1) is 17.9 Å². The number of rotatable bonds is 6. The Bertz CT molecular complexity index is 742. The first-order valence-electron chi connectivity index (χ1n) is 8.48. The van der Waals surface area contributed by atoms with Gasteiger partial charge in [-0.25, -0.2) is 0 Å². The number of aromatic nitrogens is 2. The molecule has 0 aromatic carbocycles. The summed E-state index contributed by atoms with van der Waals surface area (Å²) >= 11 is 0. The maximum absolute atomic E-state index is 12.9. The van der Waals surface area contributed by atoms with Crippen LogP contribution >= 0.6 is 0 Å². The van der Waals surface area contributed by atoms with E-state index in [1.807, 2.05) is 32.0 Å². The van der Waals surface area contributed by atoms with E-state index in [-0.39, 0.29) is 29.5 Å². The third kappa shape index (κ3) is 4.23. The van der Waals surface area contributed by atoms with E-state index >= 15 is 0 Å². The topological polar surface area (TPSA) is 88.3 Å². The summed E-state index contributed by atoms with van der Waals surface area (Å²) in [6.07, 6.45) is 2.91. The predicted molar refractivity (Wildman–Crippen MR) is 90.7 cm³/mol. The zero-order chi connectivity index (χ0) is 17.8. The second kappa shape index (κ2) is 7.46. The Morgan fingerprint density at radius 3 is 2.88 bits per heavy atom. The van der Waals surface area contributed by atoms with Crippen LogP contribution in [0, 0.1) is 0 Å². The highest BCUT2D eigenvalue weighted by Crippen LogP contribution is 2.18. The molecule has 1 atom stereocenters. The van der Waals surface area contributed by atoms with Gasteiger partial charge in [-0.1, -0.05) is 25.1 Å². The van der Waals surface area contributed by atoms with Crippen molar-refractivity contribution in [3.63, 3.8) is 0 Å². The molecule has 1 saturated heterocycles. The number of carbonyl (C=O) groups excluding carboxylic acids is 2. The van der Waals surface area contributed by atoms with Crippen molar-refractivity contribution in [1.82, 2.24) is 20.4 Å². The molecule has 132 valence electrons. The zero-order valence-corrected chi connectivity index (χ0v) is 14.4. The highest BCUT2D eigenvalue weighted by Gasteiger charge is 2.28. The van der Waals surface area contributed by atoms with Crippen molar-refractivity contribution in [2.75, 3.05) is 6.54 Å². The Labute approximate surface area is 146 Å². The molecule has 25 heavy (non-hydrogen) atoms. The van der Waals surface area contributed by atoms with Crippen molar-refractivity contribution in [1.29, 1.82) is 0 Å². The van der Waals surface area contributed by atoms with Crippen LogP contribution in [0.4, 0.5) is 0 Å². The van der Waals surface area contributed by atoms with Crippen molar-refractivity contribution in [2.45, 2.75) is 45.2 Å². The fourth-order valence-corrected chi connectivity index (χ4v) is 2.80. The molecule has 2 aromatic heterocycles. The Balaban J connectivity index is 1.78. The minimum Gasteiger partial charge on any atom is -0.352 e. The van der Waals surface area contributed by atoms with E-state index < -0.39 is 0 Å². The van der Waals surface area contributed by atoms with Gasteiger partial charge in [-0.15, -0.1) is 0 Å². The smallest absolute Gasteiger partial charge is 0.292 e. The number of hydrogen-bond acceptors (Lipinski definition) is 5. The van der Waals surface area contributed by atoms with E-state index in [4.69, 9.17) is 4.52 Å². The van der Waals surface area contributed by atoms with Gasteiger partial charge in [0.2, 0.25) is 11.7 Å². The summed E-state index contributed by atoms with van der Waals surface area (Å²) in [5.41, 5.74) is 1.53. The normalized spacial score (nSPS) is 16.9. The number of amides is 2. The lowest BCUT2D eigenvalue weighted by atomic mass is 10.1. The summed E-state index contributed by atoms with van der Waals surface area (Å²) in [6, 6.07) is 7.22. The van der Waals surface area contributed by atoms with Gasteiger partial charge >= 0.3 is 0 Å². The van der Waals surface area contributed by atoms with E-state index in [0.717, 1.165) is 17.8 Å². The molecule has 1 aliphatic heterocycles. The quantitative estimate of drug-likeness (QED) is 0.868. The van der Waals surface area contributed by atoms with Gasteiger partial charge in [0.25, 0.3) is 5.91 Å².